The molecule has 2 aromatic heterocycles. The van der Waals surface area contributed by atoms with Crippen LogP contribution in [0.2, 0.25) is 0 Å². The lowest BCUT2D eigenvalue weighted by Gasteiger charge is -2.10. The third-order valence-corrected chi connectivity index (χ3v) is 4.98. The quantitative estimate of drug-likeness (QED) is 0.358. The molecule has 142 valence electrons. The predicted molar refractivity (Wildman–Crippen MR) is 100 cm³/mol. The van der Waals surface area contributed by atoms with E-state index in [1.165, 1.54) is 21.2 Å². The molecule has 0 bridgehead atoms. The molecule has 0 aliphatic rings. The predicted octanol–water partition coefficient (Wildman–Crippen LogP) is 3.03. The number of nitro groups is 1. The van der Waals surface area contributed by atoms with Gasteiger partial charge < -0.3 is 15.2 Å². The second-order valence-electron chi connectivity index (χ2n) is 6.45. The van der Waals surface area contributed by atoms with Crippen molar-refractivity contribution in [3.63, 3.8) is 0 Å². The Kier molecular flexibility index (Phi) is 5.75. The number of nitrogens with zero attached hydrogens (tertiary/aromatic N) is 6. The van der Waals surface area contributed by atoms with Crippen LogP contribution in [0.25, 0.3) is 0 Å². The summed E-state index contributed by atoms with van der Waals surface area (Å²) in [7, 11) is 0. The van der Waals surface area contributed by atoms with Crippen LogP contribution in [0, 0.1) is 23.0 Å². The third-order valence-electron chi connectivity index (χ3n) is 3.93. The van der Waals surface area contributed by atoms with Crippen LogP contribution in [0.5, 0.6) is 6.01 Å². The highest BCUT2D eigenvalue weighted by Crippen LogP contribution is 2.22. The summed E-state index contributed by atoms with van der Waals surface area (Å²) >= 11 is 1.70. The van der Waals surface area contributed by atoms with E-state index in [1.54, 1.807) is 16.4 Å². The molecule has 1 atom stereocenters. The fraction of sp³-hybridized carbons (Fsp3) is 0.353. The van der Waals surface area contributed by atoms with Crippen LogP contribution in [-0.2, 0) is 18.8 Å². The van der Waals surface area contributed by atoms with Gasteiger partial charge in [0.25, 0.3) is 0 Å². The summed E-state index contributed by atoms with van der Waals surface area (Å²) in [6.07, 6.45) is 3.13. The lowest BCUT2D eigenvalue weighted by Crippen LogP contribution is -2.14. The number of benzene rings is 1. The van der Waals surface area contributed by atoms with Crippen molar-refractivity contribution in [1.82, 2.24) is 24.5 Å². The highest BCUT2D eigenvalue weighted by molar-refractivity contribution is 7.98. The molecule has 3 aromatic rings. The van der Waals surface area contributed by atoms with Crippen molar-refractivity contribution >= 4 is 17.6 Å². The molecule has 3 rings (SSSR count). The summed E-state index contributed by atoms with van der Waals surface area (Å²) < 4.78 is 3.12. The molecule has 0 aliphatic heterocycles. The average molecular weight is 388 g/mol. The molecule has 0 saturated carbocycles. The number of hydrogen-bond donors (Lipinski definition) is 1. The van der Waals surface area contributed by atoms with Crippen molar-refractivity contribution in [2.45, 2.75) is 37.6 Å². The first-order chi connectivity index (χ1) is 12.9. The van der Waals surface area contributed by atoms with Gasteiger partial charge in [0.15, 0.2) is 0 Å². The minimum atomic E-state index is -0.629. The highest BCUT2D eigenvalue weighted by atomic mass is 32.2. The Hall–Kier alpha value is -2.88. The van der Waals surface area contributed by atoms with Crippen molar-refractivity contribution in [3.05, 3.63) is 58.0 Å². The summed E-state index contributed by atoms with van der Waals surface area (Å²) in [4.78, 5) is 14.8. The topological polar surface area (TPSA) is 112 Å². The average Bonchev–Trinajstić information content (AvgIpc) is 3.21. The Labute approximate surface area is 160 Å². The maximum Gasteiger partial charge on any atom is 0.411 e. The normalized spacial score (nSPS) is 12.2. The Bertz CT molecular complexity index is 921. The van der Waals surface area contributed by atoms with E-state index in [9.17, 15) is 15.2 Å². The molecule has 2 heterocycles. The standard InChI is InChI=1S/C17H20N6O3S/c1-12-3-5-15(6-4-12)27-11-14-9-22(20-19-14)8-13(2)7-21-10-16(23(25)26)18-17(21)24/h3-6,9-10,13H,7-8,11H2,1-2H3,(H,18,24)/t13-/m0/s1. The van der Waals surface area contributed by atoms with Gasteiger partial charge in [-0.2, -0.15) is 0 Å². The second kappa shape index (κ2) is 8.21. The fourth-order valence-corrected chi connectivity index (χ4v) is 3.39. The number of thioether (sulfide) groups is 1. The molecule has 0 aliphatic carbocycles. The van der Waals surface area contributed by atoms with Gasteiger partial charge in [0.1, 0.15) is 6.20 Å². The smallest absolute Gasteiger partial charge is 0.411 e. The van der Waals surface area contributed by atoms with Gasteiger partial charge in [0.05, 0.1) is 5.69 Å². The highest BCUT2D eigenvalue weighted by Gasteiger charge is 2.19. The first-order valence-corrected chi connectivity index (χ1v) is 9.38. The van der Waals surface area contributed by atoms with Gasteiger partial charge in [-0.1, -0.05) is 29.8 Å². The molecule has 10 heteroatoms. The molecule has 0 unspecified atom stereocenters. The molecule has 0 radical (unpaired) electrons. The second-order valence-corrected chi connectivity index (χ2v) is 7.50. The maximum absolute atomic E-state index is 10.7. The van der Waals surface area contributed by atoms with Crippen molar-refractivity contribution in [2.24, 2.45) is 5.92 Å². The van der Waals surface area contributed by atoms with E-state index in [1.807, 2.05) is 13.1 Å². The first kappa shape index (κ1) is 18.9. The van der Waals surface area contributed by atoms with E-state index in [2.05, 4.69) is 46.5 Å². The van der Waals surface area contributed by atoms with Gasteiger partial charge in [-0.15, -0.1) is 16.9 Å². The zero-order chi connectivity index (χ0) is 19.4. The summed E-state index contributed by atoms with van der Waals surface area (Å²) in [5, 5.41) is 28.8. The van der Waals surface area contributed by atoms with Crippen molar-refractivity contribution < 1.29 is 10.0 Å². The minimum Gasteiger partial charge on any atom is -0.461 e. The van der Waals surface area contributed by atoms with Gasteiger partial charge in [-0.25, -0.2) is 0 Å². The molecular formula is C17H20N6O3S. The minimum absolute atomic E-state index is 0.0732. The summed E-state index contributed by atoms with van der Waals surface area (Å²) in [5.74, 6) is 0.436. The summed E-state index contributed by atoms with van der Waals surface area (Å²) in [6, 6.07) is 7.97. The van der Waals surface area contributed by atoms with Gasteiger partial charge in [-0.05, 0) is 29.9 Å². The molecular weight excluding hydrogens is 368 g/mol. The molecule has 1 aromatic carbocycles. The zero-order valence-electron chi connectivity index (χ0n) is 15.0. The monoisotopic (exact) mass is 388 g/mol. The fourth-order valence-electron chi connectivity index (χ4n) is 2.61. The van der Waals surface area contributed by atoms with Crippen molar-refractivity contribution in [1.29, 1.82) is 0 Å². The Morgan fingerprint density at radius 2 is 2.00 bits per heavy atom. The largest absolute Gasteiger partial charge is 0.461 e. The van der Waals surface area contributed by atoms with E-state index in [0.717, 1.165) is 11.4 Å². The zero-order valence-corrected chi connectivity index (χ0v) is 15.8. The van der Waals surface area contributed by atoms with E-state index < -0.39 is 4.92 Å². The number of hydrogen-bond acceptors (Lipinski definition) is 7. The number of aromatic hydroxyl groups is 1. The van der Waals surface area contributed by atoms with E-state index >= 15 is 0 Å². The molecule has 0 spiro atoms. The summed E-state index contributed by atoms with van der Waals surface area (Å²) in [6.45, 7) is 4.99. The van der Waals surface area contributed by atoms with Crippen LogP contribution < -0.4 is 0 Å². The first-order valence-electron chi connectivity index (χ1n) is 8.39. The van der Waals surface area contributed by atoms with E-state index in [4.69, 9.17) is 0 Å². The van der Waals surface area contributed by atoms with Crippen LogP contribution in [-0.4, -0.2) is 34.6 Å². The number of imidazole rings is 1. The Morgan fingerprint density at radius 1 is 1.26 bits per heavy atom. The van der Waals surface area contributed by atoms with Crippen molar-refractivity contribution in [3.8, 4) is 6.01 Å². The summed E-state index contributed by atoms with van der Waals surface area (Å²) in [5.41, 5.74) is 2.11. The maximum atomic E-state index is 10.7. The molecule has 0 fully saturated rings. The van der Waals surface area contributed by atoms with Gasteiger partial charge in [0.2, 0.25) is 0 Å². The third kappa shape index (κ3) is 5.07. The van der Waals surface area contributed by atoms with Crippen molar-refractivity contribution in [2.75, 3.05) is 0 Å². The van der Waals surface area contributed by atoms with Gasteiger partial charge in [0, 0.05) is 34.9 Å². The van der Waals surface area contributed by atoms with Crippen LogP contribution >= 0.6 is 11.8 Å². The van der Waals surface area contributed by atoms with E-state index in [-0.39, 0.29) is 17.7 Å². The van der Waals surface area contributed by atoms with E-state index in [0.29, 0.717) is 13.1 Å². The lowest BCUT2D eigenvalue weighted by atomic mass is 10.2. The van der Waals surface area contributed by atoms with Crippen LogP contribution in [0.1, 0.15) is 18.2 Å². The van der Waals surface area contributed by atoms with Crippen LogP contribution in [0.4, 0.5) is 5.82 Å². The molecule has 0 amide bonds. The van der Waals surface area contributed by atoms with Gasteiger partial charge in [-0.3, -0.25) is 9.25 Å². The molecule has 27 heavy (non-hydrogen) atoms. The van der Waals surface area contributed by atoms with Gasteiger partial charge >= 0.3 is 11.8 Å². The molecule has 9 nitrogen and oxygen atoms in total. The lowest BCUT2D eigenvalue weighted by molar-refractivity contribution is -0.389. The van der Waals surface area contributed by atoms with Crippen LogP contribution in [0.15, 0.2) is 41.6 Å². The SMILES string of the molecule is Cc1ccc(SCc2cn(C[C@@H](C)Cn3cc([N+](=O)[O-])nc3O)nn2)cc1. The number of aryl methyl sites for hydroxylation is 1. The molecule has 1 N–H and O–H groups in total. The number of aromatic nitrogens is 5. The Balaban J connectivity index is 1.53. The Morgan fingerprint density at radius 3 is 2.67 bits per heavy atom. The van der Waals surface area contributed by atoms with Crippen LogP contribution in [0.3, 0.4) is 0 Å². The number of rotatable bonds is 8. The molecule has 0 saturated heterocycles.